The molecule has 0 fully saturated rings. The fourth-order valence-electron chi connectivity index (χ4n) is 4.22. The van der Waals surface area contributed by atoms with Crippen LogP contribution in [0.4, 0.5) is 5.69 Å². The minimum Gasteiger partial charge on any atom is -0.484 e. The molecule has 8 heteroatoms. The molecular formula is C28H23N5O3. The van der Waals surface area contributed by atoms with Gasteiger partial charge in [-0.1, -0.05) is 48.5 Å². The minimum absolute atomic E-state index is 0.0463. The number of nitrogens with two attached hydrogens (primary N) is 1. The van der Waals surface area contributed by atoms with Gasteiger partial charge >= 0.3 is 0 Å². The van der Waals surface area contributed by atoms with Crippen LogP contribution in [0.3, 0.4) is 0 Å². The first-order valence-electron chi connectivity index (χ1n) is 11.4. The van der Waals surface area contributed by atoms with E-state index in [1.165, 1.54) is 0 Å². The number of hydrogen-bond donors (Lipinski definition) is 2. The number of allylic oxidation sites excluding steroid dienone is 1. The summed E-state index contributed by atoms with van der Waals surface area (Å²) in [6.45, 7) is 1.75. The summed E-state index contributed by atoms with van der Waals surface area (Å²) < 4.78 is 13.2. The summed E-state index contributed by atoms with van der Waals surface area (Å²) in [5.41, 5.74) is 10.4. The molecule has 0 spiro atoms. The van der Waals surface area contributed by atoms with Gasteiger partial charge in [0.1, 0.15) is 17.4 Å². The van der Waals surface area contributed by atoms with E-state index in [1.54, 1.807) is 16.8 Å². The first kappa shape index (κ1) is 22.7. The van der Waals surface area contributed by atoms with Crippen molar-refractivity contribution in [2.45, 2.75) is 12.8 Å². The number of aryl methyl sites for hydroxylation is 1. The lowest BCUT2D eigenvalue weighted by molar-refractivity contribution is -0.118. The van der Waals surface area contributed by atoms with Gasteiger partial charge < -0.3 is 20.5 Å². The summed E-state index contributed by atoms with van der Waals surface area (Å²) in [7, 11) is 0. The monoisotopic (exact) mass is 477 g/mol. The van der Waals surface area contributed by atoms with Crippen molar-refractivity contribution in [3.05, 3.63) is 113 Å². The van der Waals surface area contributed by atoms with Crippen LogP contribution < -0.4 is 20.5 Å². The van der Waals surface area contributed by atoms with Crippen LogP contribution in [0.1, 0.15) is 22.7 Å². The number of nitrogens with one attached hydrogen (secondary N) is 1. The highest BCUT2D eigenvalue weighted by molar-refractivity contribution is 5.91. The minimum atomic E-state index is -0.452. The van der Waals surface area contributed by atoms with E-state index in [0.29, 0.717) is 22.9 Å². The molecule has 36 heavy (non-hydrogen) atoms. The third-order valence-electron chi connectivity index (χ3n) is 5.87. The molecule has 1 aliphatic rings. The van der Waals surface area contributed by atoms with Crippen molar-refractivity contribution in [1.29, 1.82) is 5.26 Å². The van der Waals surface area contributed by atoms with Gasteiger partial charge in [0.25, 0.3) is 5.91 Å². The largest absolute Gasteiger partial charge is 0.484 e. The lowest BCUT2D eigenvalue weighted by atomic mass is 9.84. The third kappa shape index (κ3) is 4.38. The quantitative estimate of drug-likeness (QED) is 0.425. The maximum absolute atomic E-state index is 12.2. The van der Waals surface area contributed by atoms with Gasteiger partial charge in [0.05, 0.1) is 22.9 Å². The molecular weight excluding hydrogens is 454 g/mol. The molecule has 0 unspecified atom stereocenters. The topological polar surface area (TPSA) is 115 Å². The van der Waals surface area contributed by atoms with Gasteiger partial charge in [0.15, 0.2) is 6.61 Å². The van der Waals surface area contributed by atoms with E-state index in [-0.39, 0.29) is 18.4 Å². The molecule has 8 nitrogen and oxygen atoms in total. The molecule has 0 aliphatic carbocycles. The average molecular weight is 478 g/mol. The van der Waals surface area contributed by atoms with Gasteiger partial charge in [0, 0.05) is 5.69 Å². The summed E-state index contributed by atoms with van der Waals surface area (Å²) in [6.07, 6.45) is 0. The van der Waals surface area contributed by atoms with Crippen LogP contribution in [0.2, 0.25) is 0 Å². The lowest BCUT2D eigenvalue weighted by Gasteiger charge is -2.25. The molecule has 1 amide bonds. The number of anilines is 1. The number of nitriles is 1. The number of para-hydroxylation sites is 2. The number of nitrogens with zero attached hydrogens (tertiary/aromatic N) is 3. The number of rotatable bonds is 6. The summed E-state index contributed by atoms with van der Waals surface area (Å²) in [6, 6.07) is 28.2. The molecule has 1 atom stereocenters. The zero-order valence-corrected chi connectivity index (χ0v) is 19.5. The molecule has 1 aliphatic heterocycles. The van der Waals surface area contributed by atoms with Crippen LogP contribution in [0.5, 0.6) is 11.6 Å². The number of amides is 1. The zero-order valence-electron chi connectivity index (χ0n) is 19.5. The third-order valence-corrected chi connectivity index (χ3v) is 5.87. The van der Waals surface area contributed by atoms with E-state index in [9.17, 15) is 10.1 Å². The molecule has 2 heterocycles. The van der Waals surface area contributed by atoms with E-state index >= 15 is 0 Å². The van der Waals surface area contributed by atoms with Crippen molar-refractivity contribution in [3.63, 3.8) is 0 Å². The number of aromatic nitrogens is 2. The molecule has 3 aromatic carbocycles. The maximum Gasteiger partial charge on any atom is 0.262 e. The zero-order chi connectivity index (χ0) is 25.1. The SMILES string of the molecule is Cc1nn(-c2ccccc2)c2c1[C@@H](c1ccc(OCC(=O)Nc3ccccc3)cc1)C(C#N)=C(N)O2. The predicted octanol–water partition coefficient (Wildman–Crippen LogP) is 4.42. The molecule has 0 bridgehead atoms. The molecule has 3 N–H and O–H groups in total. The van der Waals surface area contributed by atoms with Crippen molar-refractivity contribution in [2.75, 3.05) is 11.9 Å². The number of ether oxygens (including phenoxy) is 2. The van der Waals surface area contributed by atoms with E-state index < -0.39 is 5.92 Å². The van der Waals surface area contributed by atoms with Crippen LogP contribution in [-0.2, 0) is 4.79 Å². The van der Waals surface area contributed by atoms with E-state index in [1.807, 2.05) is 79.7 Å². The van der Waals surface area contributed by atoms with Crippen molar-refractivity contribution >= 4 is 11.6 Å². The van der Waals surface area contributed by atoms with Crippen molar-refractivity contribution in [2.24, 2.45) is 5.73 Å². The number of carbonyl (C=O) groups excluding carboxylic acids is 1. The van der Waals surface area contributed by atoms with Gasteiger partial charge in [-0.15, -0.1) is 0 Å². The Morgan fingerprint density at radius 3 is 2.42 bits per heavy atom. The van der Waals surface area contributed by atoms with Crippen LogP contribution >= 0.6 is 0 Å². The highest BCUT2D eigenvalue weighted by Gasteiger charge is 2.36. The second-order valence-corrected chi connectivity index (χ2v) is 8.25. The Morgan fingerprint density at radius 2 is 1.75 bits per heavy atom. The Hall–Kier alpha value is -5.03. The predicted molar refractivity (Wildman–Crippen MR) is 135 cm³/mol. The second-order valence-electron chi connectivity index (χ2n) is 8.25. The molecule has 0 radical (unpaired) electrons. The summed E-state index contributed by atoms with van der Waals surface area (Å²) in [4.78, 5) is 12.2. The number of hydrogen-bond acceptors (Lipinski definition) is 6. The Kier molecular flexibility index (Phi) is 6.12. The van der Waals surface area contributed by atoms with Crippen molar-refractivity contribution < 1.29 is 14.3 Å². The molecule has 0 saturated heterocycles. The van der Waals surface area contributed by atoms with Gasteiger partial charge in [0.2, 0.25) is 11.8 Å². The van der Waals surface area contributed by atoms with E-state index in [2.05, 4.69) is 16.5 Å². The summed E-state index contributed by atoms with van der Waals surface area (Å²) in [5, 5.41) is 17.3. The standard InChI is InChI=1S/C28H23N5O3/c1-18-25-26(23(16-29)27(30)36-28(25)33(32-18)21-10-6-3-7-11-21)19-12-14-22(15-13-19)35-17-24(34)31-20-8-4-2-5-9-20/h2-15,26H,17,30H2,1H3,(H,31,34)/t26-/m0/s1. The molecule has 178 valence electrons. The highest BCUT2D eigenvalue weighted by Crippen LogP contribution is 2.44. The van der Waals surface area contributed by atoms with E-state index in [4.69, 9.17) is 15.2 Å². The fourth-order valence-corrected chi connectivity index (χ4v) is 4.22. The number of fused-ring (bicyclic) bond motifs is 1. The first-order chi connectivity index (χ1) is 17.5. The Labute approximate surface area is 208 Å². The summed E-state index contributed by atoms with van der Waals surface area (Å²) >= 11 is 0. The Balaban J connectivity index is 1.40. The molecule has 1 aromatic heterocycles. The number of carbonyl (C=O) groups is 1. The van der Waals surface area contributed by atoms with Crippen LogP contribution in [0, 0.1) is 18.3 Å². The van der Waals surface area contributed by atoms with Crippen molar-refractivity contribution in [3.8, 4) is 23.4 Å². The Bertz CT molecular complexity index is 1470. The van der Waals surface area contributed by atoms with Crippen molar-refractivity contribution in [1.82, 2.24) is 9.78 Å². The van der Waals surface area contributed by atoms with Gasteiger partial charge in [-0.05, 0) is 48.9 Å². The smallest absolute Gasteiger partial charge is 0.262 e. The number of benzene rings is 3. The first-order valence-corrected chi connectivity index (χ1v) is 11.4. The van der Waals surface area contributed by atoms with Gasteiger partial charge in [-0.3, -0.25) is 4.79 Å². The normalized spacial score (nSPS) is 14.4. The summed E-state index contributed by atoms with van der Waals surface area (Å²) in [5.74, 6) is 0.349. The molecule has 4 aromatic rings. The maximum atomic E-state index is 12.2. The molecule has 5 rings (SSSR count). The van der Waals surface area contributed by atoms with E-state index in [0.717, 1.165) is 22.5 Å². The van der Waals surface area contributed by atoms with Gasteiger partial charge in [-0.25, -0.2) is 4.68 Å². The van der Waals surface area contributed by atoms with Crippen LogP contribution in [0.15, 0.2) is 96.4 Å². The molecule has 0 saturated carbocycles. The average Bonchev–Trinajstić information content (AvgIpc) is 3.23. The fraction of sp³-hybridized carbons (Fsp3) is 0.107. The van der Waals surface area contributed by atoms with Crippen LogP contribution in [-0.4, -0.2) is 22.3 Å². The van der Waals surface area contributed by atoms with Crippen LogP contribution in [0.25, 0.3) is 5.69 Å². The Morgan fingerprint density at radius 1 is 1.08 bits per heavy atom. The highest BCUT2D eigenvalue weighted by atomic mass is 16.5. The second kappa shape index (κ2) is 9.68. The lowest BCUT2D eigenvalue weighted by Crippen LogP contribution is -2.22. The van der Waals surface area contributed by atoms with Gasteiger partial charge in [-0.2, -0.15) is 10.4 Å².